The first kappa shape index (κ1) is 16.3. The summed E-state index contributed by atoms with van der Waals surface area (Å²) in [5.41, 5.74) is 3.31. The molecule has 7 heteroatoms. The third kappa shape index (κ3) is 2.83. The van der Waals surface area contributed by atoms with E-state index in [9.17, 15) is 4.79 Å². The lowest BCUT2D eigenvalue weighted by Gasteiger charge is -2.02. The van der Waals surface area contributed by atoms with Gasteiger partial charge in [-0.1, -0.05) is 30.3 Å². The molecule has 1 amide bonds. The van der Waals surface area contributed by atoms with Crippen molar-refractivity contribution in [1.82, 2.24) is 19.3 Å². The third-order valence-corrected chi connectivity index (χ3v) is 4.72. The van der Waals surface area contributed by atoms with Gasteiger partial charge >= 0.3 is 0 Å². The largest absolute Gasteiger partial charge is 0.451 e. The van der Waals surface area contributed by atoms with Crippen LogP contribution in [-0.4, -0.2) is 25.2 Å². The topological polar surface area (TPSA) is 77.9 Å². The highest BCUT2D eigenvalue weighted by Crippen LogP contribution is 2.20. The van der Waals surface area contributed by atoms with Crippen molar-refractivity contribution in [2.75, 3.05) is 5.32 Å². The Kier molecular flexibility index (Phi) is 3.72. The molecule has 0 saturated carbocycles. The summed E-state index contributed by atoms with van der Waals surface area (Å²) in [5, 5.41) is 8.05. The monoisotopic (exact) mass is 371 g/mol. The van der Waals surface area contributed by atoms with E-state index in [2.05, 4.69) is 15.4 Å². The fourth-order valence-corrected chi connectivity index (χ4v) is 3.28. The number of anilines is 1. The molecule has 7 nitrogen and oxygen atoms in total. The molecule has 0 saturated heterocycles. The highest BCUT2D eigenvalue weighted by atomic mass is 16.3. The number of hydrogen-bond acceptors (Lipinski definition) is 4. The summed E-state index contributed by atoms with van der Waals surface area (Å²) < 4.78 is 9.39. The van der Waals surface area contributed by atoms with E-state index in [0.717, 1.165) is 22.2 Å². The van der Waals surface area contributed by atoms with E-state index in [-0.39, 0.29) is 11.7 Å². The lowest BCUT2D eigenvalue weighted by atomic mass is 10.2. The zero-order valence-electron chi connectivity index (χ0n) is 15.2. The van der Waals surface area contributed by atoms with Gasteiger partial charge in [0.2, 0.25) is 0 Å². The van der Waals surface area contributed by atoms with E-state index in [1.807, 2.05) is 60.1 Å². The van der Waals surface area contributed by atoms with E-state index in [0.29, 0.717) is 17.8 Å². The van der Waals surface area contributed by atoms with E-state index < -0.39 is 0 Å². The molecule has 1 N–H and O–H groups in total. The van der Waals surface area contributed by atoms with Gasteiger partial charge in [-0.25, -0.2) is 4.98 Å². The number of furan rings is 1. The van der Waals surface area contributed by atoms with Crippen molar-refractivity contribution in [3.8, 4) is 0 Å². The van der Waals surface area contributed by atoms with E-state index in [1.165, 1.54) is 0 Å². The summed E-state index contributed by atoms with van der Waals surface area (Å²) in [4.78, 5) is 17.1. The molecule has 0 radical (unpaired) electrons. The maximum absolute atomic E-state index is 12.5. The van der Waals surface area contributed by atoms with Crippen LogP contribution in [0.3, 0.4) is 0 Å². The molecule has 0 aliphatic carbocycles. The van der Waals surface area contributed by atoms with E-state index in [1.54, 1.807) is 23.1 Å². The Balaban J connectivity index is 1.34. The van der Waals surface area contributed by atoms with Crippen molar-refractivity contribution in [1.29, 1.82) is 0 Å². The molecule has 0 aliphatic rings. The minimum atomic E-state index is -0.307. The lowest BCUT2D eigenvalue weighted by molar-refractivity contribution is 0.0998. The Labute approximate surface area is 160 Å². The van der Waals surface area contributed by atoms with Crippen LogP contribution in [0.5, 0.6) is 0 Å². The molecule has 138 valence electrons. The van der Waals surface area contributed by atoms with Gasteiger partial charge in [-0.05, 0) is 24.3 Å². The number of nitrogens with zero attached hydrogens (tertiary/aromatic N) is 4. The quantitative estimate of drug-likeness (QED) is 0.521. The van der Waals surface area contributed by atoms with Crippen LogP contribution >= 0.6 is 0 Å². The second-order valence-corrected chi connectivity index (χ2v) is 6.60. The van der Waals surface area contributed by atoms with Crippen molar-refractivity contribution in [2.45, 2.75) is 6.54 Å². The normalized spacial score (nSPS) is 11.3. The zero-order valence-corrected chi connectivity index (χ0v) is 15.2. The van der Waals surface area contributed by atoms with Gasteiger partial charge in [-0.2, -0.15) is 5.10 Å². The summed E-state index contributed by atoms with van der Waals surface area (Å²) in [7, 11) is 1.98. The summed E-state index contributed by atoms with van der Waals surface area (Å²) in [6, 6.07) is 17.2. The second kappa shape index (κ2) is 6.38. The Morgan fingerprint density at radius 1 is 1.14 bits per heavy atom. The fraction of sp³-hybridized carbons (Fsp3) is 0.0952. The highest BCUT2D eigenvalue weighted by Gasteiger charge is 2.14. The van der Waals surface area contributed by atoms with Gasteiger partial charge in [0.05, 0.1) is 29.5 Å². The average Bonchev–Trinajstić information content (AvgIpc) is 3.40. The number of hydrogen-bond donors (Lipinski definition) is 1. The predicted octanol–water partition coefficient (Wildman–Crippen LogP) is 3.82. The molecule has 0 bridgehead atoms. The Bertz CT molecular complexity index is 1280. The van der Waals surface area contributed by atoms with Crippen LogP contribution in [0.25, 0.3) is 22.0 Å². The molecule has 2 aromatic carbocycles. The molecule has 0 atom stereocenters. The molecular weight excluding hydrogens is 354 g/mol. The number of rotatable bonds is 4. The number of para-hydroxylation sites is 3. The number of benzene rings is 2. The first-order chi connectivity index (χ1) is 13.7. The zero-order chi connectivity index (χ0) is 19.1. The van der Waals surface area contributed by atoms with Gasteiger partial charge in [0, 0.05) is 18.6 Å². The first-order valence-corrected chi connectivity index (χ1v) is 8.90. The summed E-state index contributed by atoms with van der Waals surface area (Å²) >= 11 is 0. The molecule has 0 aliphatic heterocycles. The number of nitrogens with one attached hydrogen (secondary N) is 1. The van der Waals surface area contributed by atoms with Crippen LogP contribution in [-0.2, 0) is 13.6 Å². The van der Waals surface area contributed by atoms with Crippen LogP contribution in [0.4, 0.5) is 5.69 Å². The molecule has 3 aromatic heterocycles. The minimum Gasteiger partial charge on any atom is -0.451 e. The van der Waals surface area contributed by atoms with Crippen LogP contribution in [0, 0.1) is 0 Å². The minimum absolute atomic E-state index is 0.268. The molecule has 0 spiro atoms. The predicted molar refractivity (Wildman–Crippen MR) is 106 cm³/mol. The Morgan fingerprint density at radius 3 is 2.82 bits per heavy atom. The molecule has 0 unspecified atom stereocenters. The maximum Gasteiger partial charge on any atom is 0.291 e. The van der Waals surface area contributed by atoms with Gasteiger partial charge in [0.25, 0.3) is 5.91 Å². The number of amides is 1. The van der Waals surface area contributed by atoms with Crippen molar-refractivity contribution in [3.05, 3.63) is 78.6 Å². The third-order valence-electron chi connectivity index (χ3n) is 4.72. The summed E-state index contributed by atoms with van der Waals surface area (Å²) in [6.07, 6.45) is 3.39. The Hall–Kier alpha value is -3.87. The van der Waals surface area contributed by atoms with E-state index in [4.69, 9.17) is 4.42 Å². The van der Waals surface area contributed by atoms with Gasteiger partial charge in [0.1, 0.15) is 11.4 Å². The fourth-order valence-electron chi connectivity index (χ4n) is 3.28. The number of carbonyl (C=O) groups is 1. The van der Waals surface area contributed by atoms with Gasteiger partial charge in [-0.3, -0.25) is 9.48 Å². The van der Waals surface area contributed by atoms with E-state index >= 15 is 0 Å². The number of fused-ring (bicyclic) bond motifs is 2. The summed E-state index contributed by atoms with van der Waals surface area (Å²) in [6.45, 7) is 0.506. The first-order valence-electron chi connectivity index (χ1n) is 8.90. The maximum atomic E-state index is 12.5. The van der Waals surface area contributed by atoms with Crippen LogP contribution in [0.2, 0.25) is 0 Å². The number of aryl methyl sites for hydroxylation is 1. The van der Waals surface area contributed by atoms with Crippen molar-refractivity contribution < 1.29 is 9.21 Å². The van der Waals surface area contributed by atoms with Crippen LogP contribution in [0.15, 0.2) is 71.4 Å². The second-order valence-electron chi connectivity index (χ2n) is 6.60. The molecule has 5 rings (SSSR count). The van der Waals surface area contributed by atoms with Crippen molar-refractivity contribution in [2.24, 2.45) is 7.05 Å². The number of carbonyl (C=O) groups excluding carboxylic acids is 1. The molecule has 5 aromatic rings. The lowest BCUT2D eigenvalue weighted by Crippen LogP contribution is -2.10. The van der Waals surface area contributed by atoms with Gasteiger partial charge < -0.3 is 14.3 Å². The number of aromatic nitrogens is 4. The number of imidazole rings is 1. The standard InChI is InChI=1S/C21H17N5O2/c1-25-17-8-4-3-7-16(17)24-20(25)13-26-12-15(11-22-26)23-21(27)19-10-14-6-2-5-9-18(14)28-19/h2-12H,13H2,1H3,(H,23,27). The molecule has 3 heterocycles. The van der Waals surface area contributed by atoms with Crippen LogP contribution < -0.4 is 5.32 Å². The molecule has 0 fully saturated rings. The highest BCUT2D eigenvalue weighted by molar-refractivity contribution is 6.04. The Morgan fingerprint density at radius 2 is 1.96 bits per heavy atom. The average molecular weight is 371 g/mol. The van der Waals surface area contributed by atoms with Crippen molar-refractivity contribution in [3.63, 3.8) is 0 Å². The van der Waals surface area contributed by atoms with Gasteiger partial charge in [0.15, 0.2) is 5.76 Å². The summed E-state index contributed by atoms with van der Waals surface area (Å²) in [5.74, 6) is 0.849. The van der Waals surface area contributed by atoms with Crippen molar-refractivity contribution >= 4 is 33.6 Å². The molecule has 28 heavy (non-hydrogen) atoms. The SMILES string of the molecule is Cn1c(Cn2cc(NC(=O)c3cc4ccccc4o3)cn2)nc2ccccc21. The van der Waals surface area contributed by atoms with Crippen LogP contribution in [0.1, 0.15) is 16.4 Å². The molecular formula is C21H17N5O2. The smallest absolute Gasteiger partial charge is 0.291 e. The van der Waals surface area contributed by atoms with Gasteiger partial charge in [-0.15, -0.1) is 0 Å².